The van der Waals surface area contributed by atoms with Crippen molar-refractivity contribution in [2.75, 3.05) is 10.6 Å². The molecule has 3 aromatic rings. The Hall–Kier alpha value is -4.01. The van der Waals surface area contributed by atoms with Crippen molar-refractivity contribution in [1.82, 2.24) is 4.73 Å². The van der Waals surface area contributed by atoms with Crippen molar-refractivity contribution in [3.8, 4) is 5.88 Å². The highest BCUT2D eigenvalue weighted by atomic mass is 16.5. The van der Waals surface area contributed by atoms with E-state index in [-0.39, 0.29) is 28.0 Å². The number of rotatable bonds is 4. The fourth-order valence-electron chi connectivity index (χ4n) is 2.71. The third-order valence-electron chi connectivity index (χ3n) is 3.90. The third-order valence-corrected chi connectivity index (χ3v) is 3.90. The van der Waals surface area contributed by atoms with Crippen molar-refractivity contribution in [2.45, 2.75) is 6.92 Å². The molecule has 0 fully saturated rings. The number of ketones is 1. The van der Waals surface area contributed by atoms with Gasteiger partial charge in [-0.1, -0.05) is 6.07 Å². The zero-order valence-electron chi connectivity index (χ0n) is 14.1. The molecule has 9 nitrogen and oxygen atoms in total. The second-order valence-corrected chi connectivity index (χ2v) is 5.76. The number of hydrogen-bond donors (Lipinski definition) is 5. The number of aromatic carboxylic acids is 1. The minimum atomic E-state index is -1.12. The monoisotopic (exact) mass is 369 g/mol. The molecule has 2 amide bonds. The summed E-state index contributed by atoms with van der Waals surface area (Å²) in [6.07, 6.45) is 0. The van der Waals surface area contributed by atoms with Crippen LogP contribution >= 0.6 is 0 Å². The van der Waals surface area contributed by atoms with Gasteiger partial charge in [-0.3, -0.25) is 4.79 Å². The summed E-state index contributed by atoms with van der Waals surface area (Å²) in [6, 6.07) is 9.47. The van der Waals surface area contributed by atoms with Gasteiger partial charge >= 0.3 is 12.0 Å². The van der Waals surface area contributed by atoms with E-state index in [4.69, 9.17) is 5.11 Å². The van der Waals surface area contributed by atoms with E-state index >= 15 is 0 Å². The number of carbonyl (C=O) groups is 3. The predicted octanol–water partition coefficient (Wildman–Crippen LogP) is 3.13. The number of nitrogens with zero attached hydrogens (tertiary/aromatic N) is 1. The number of anilines is 2. The van der Waals surface area contributed by atoms with Crippen molar-refractivity contribution in [2.24, 2.45) is 0 Å². The summed E-state index contributed by atoms with van der Waals surface area (Å²) in [5.74, 6) is -2.11. The van der Waals surface area contributed by atoms with Gasteiger partial charge in [0, 0.05) is 16.8 Å². The molecule has 0 saturated heterocycles. The number of urea groups is 1. The first kappa shape index (κ1) is 17.8. The standard InChI is InChI=1S/C18H15N3O6/c1-9(22)15-13-6-5-12(8-14(13)21(27)16(15)23)20-18(26)19-11-4-2-3-10(7-11)17(24)25/h2-8,23,27H,1H3,(H,24,25)(H2,19,20,26). The first-order valence-electron chi connectivity index (χ1n) is 7.77. The molecule has 0 radical (unpaired) electrons. The Morgan fingerprint density at radius 3 is 2.30 bits per heavy atom. The Balaban J connectivity index is 1.83. The summed E-state index contributed by atoms with van der Waals surface area (Å²) in [4.78, 5) is 34.7. The number of aromatic hydroxyl groups is 1. The summed E-state index contributed by atoms with van der Waals surface area (Å²) < 4.78 is 0.464. The van der Waals surface area contributed by atoms with Crippen LogP contribution in [0.3, 0.4) is 0 Å². The molecule has 0 saturated carbocycles. The minimum absolute atomic E-state index is 0.0195. The topological polar surface area (TPSA) is 141 Å². The van der Waals surface area contributed by atoms with Gasteiger partial charge in [0.1, 0.15) is 0 Å². The SMILES string of the molecule is CC(=O)c1c(O)n(O)c2cc(NC(=O)Nc3cccc(C(=O)O)c3)ccc12. The number of benzene rings is 2. The van der Waals surface area contributed by atoms with Crippen LogP contribution in [-0.2, 0) is 0 Å². The van der Waals surface area contributed by atoms with Crippen LogP contribution in [0.2, 0.25) is 0 Å². The molecular weight excluding hydrogens is 354 g/mol. The number of aromatic nitrogens is 1. The number of carboxylic acid groups (broad SMARTS) is 1. The first-order chi connectivity index (χ1) is 12.8. The van der Waals surface area contributed by atoms with Gasteiger partial charge < -0.3 is 26.1 Å². The van der Waals surface area contributed by atoms with Crippen LogP contribution in [0, 0.1) is 0 Å². The lowest BCUT2D eigenvalue weighted by Crippen LogP contribution is -2.19. The molecule has 2 aromatic carbocycles. The summed E-state index contributed by atoms with van der Waals surface area (Å²) >= 11 is 0. The molecular formula is C18H15N3O6. The van der Waals surface area contributed by atoms with Gasteiger partial charge in [-0.2, -0.15) is 4.73 Å². The lowest BCUT2D eigenvalue weighted by molar-refractivity contribution is 0.0696. The maximum Gasteiger partial charge on any atom is 0.335 e. The molecule has 0 aliphatic heterocycles. The quantitative estimate of drug-likeness (QED) is 0.353. The maximum atomic E-state index is 12.1. The van der Waals surface area contributed by atoms with Gasteiger partial charge in [0.15, 0.2) is 5.78 Å². The van der Waals surface area contributed by atoms with E-state index in [0.29, 0.717) is 10.1 Å². The van der Waals surface area contributed by atoms with Gasteiger partial charge in [0.05, 0.1) is 16.6 Å². The van der Waals surface area contributed by atoms with E-state index in [1.165, 1.54) is 49.4 Å². The Bertz CT molecular complexity index is 1090. The smallest absolute Gasteiger partial charge is 0.335 e. The number of hydrogen-bond acceptors (Lipinski definition) is 5. The van der Waals surface area contributed by atoms with Crippen molar-refractivity contribution in [3.05, 3.63) is 53.6 Å². The Morgan fingerprint density at radius 2 is 1.67 bits per heavy atom. The Kier molecular flexibility index (Phi) is 4.43. The van der Waals surface area contributed by atoms with Crippen LogP contribution in [0.4, 0.5) is 16.2 Å². The van der Waals surface area contributed by atoms with Crippen LogP contribution < -0.4 is 10.6 Å². The zero-order chi connectivity index (χ0) is 19.7. The summed E-state index contributed by atoms with van der Waals surface area (Å²) in [5, 5.41) is 34.1. The molecule has 5 N–H and O–H groups in total. The van der Waals surface area contributed by atoms with Gasteiger partial charge in [-0.15, -0.1) is 0 Å². The van der Waals surface area contributed by atoms with Gasteiger partial charge in [-0.05, 0) is 43.3 Å². The number of carboxylic acids is 1. The molecule has 0 bridgehead atoms. The van der Waals surface area contributed by atoms with Crippen molar-refractivity contribution >= 4 is 40.1 Å². The largest absolute Gasteiger partial charge is 0.492 e. The van der Waals surface area contributed by atoms with E-state index in [1.54, 1.807) is 0 Å². The molecule has 0 spiro atoms. The lowest BCUT2D eigenvalue weighted by Gasteiger charge is -2.08. The van der Waals surface area contributed by atoms with E-state index in [0.717, 1.165) is 0 Å². The number of carbonyl (C=O) groups excluding carboxylic acids is 2. The molecule has 3 rings (SSSR count). The Morgan fingerprint density at radius 1 is 1.00 bits per heavy atom. The number of Topliss-reactive ketones (excluding diaryl/α,β-unsaturated/α-hetero) is 1. The van der Waals surface area contributed by atoms with Crippen molar-refractivity contribution in [3.63, 3.8) is 0 Å². The number of fused-ring (bicyclic) bond motifs is 1. The average molecular weight is 369 g/mol. The molecule has 1 heterocycles. The highest BCUT2D eigenvalue weighted by molar-refractivity contribution is 6.10. The molecule has 138 valence electrons. The van der Waals surface area contributed by atoms with Crippen LogP contribution in [0.1, 0.15) is 27.6 Å². The maximum absolute atomic E-state index is 12.1. The summed E-state index contributed by atoms with van der Waals surface area (Å²) in [7, 11) is 0. The number of amides is 2. The summed E-state index contributed by atoms with van der Waals surface area (Å²) in [6.45, 7) is 1.26. The van der Waals surface area contributed by atoms with E-state index in [1.807, 2.05) is 0 Å². The molecule has 1 aromatic heterocycles. The lowest BCUT2D eigenvalue weighted by atomic mass is 10.1. The van der Waals surface area contributed by atoms with E-state index in [2.05, 4.69) is 10.6 Å². The molecule has 0 atom stereocenters. The third kappa shape index (κ3) is 3.38. The highest BCUT2D eigenvalue weighted by Crippen LogP contribution is 2.32. The van der Waals surface area contributed by atoms with Crippen LogP contribution in [0.15, 0.2) is 42.5 Å². The predicted molar refractivity (Wildman–Crippen MR) is 96.8 cm³/mol. The molecule has 27 heavy (non-hydrogen) atoms. The Labute approximate surface area is 152 Å². The first-order valence-corrected chi connectivity index (χ1v) is 7.77. The number of nitrogens with one attached hydrogen (secondary N) is 2. The van der Waals surface area contributed by atoms with Crippen LogP contribution in [0.5, 0.6) is 5.88 Å². The van der Waals surface area contributed by atoms with Gasteiger partial charge in [0.25, 0.3) is 0 Å². The fourth-order valence-corrected chi connectivity index (χ4v) is 2.71. The van der Waals surface area contributed by atoms with Gasteiger partial charge in [0.2, 0.25) is 5.88 Å². The van der Waals surface area contributed by atoms with E-state index in [9.17, 15) is 24.7 Å². The van der Waals surface area contributed by atoms with Gasteiger partial charge in [-0.25, -0.2) is 9.59 Å². The zero-order valence-corrected chi connectivity index (χ0v) is 14.1. The van der Waals surface area contributed by atoms with Crippen LogP contribution in [-0.4, -0.2) is 37.9 Å². The van der Waals surface area contributed by atoms with Crippen LogP contribution in [0.25, 0.3) is 10.9 Å². The molecule has 0 unspecified atom stereocenters. The highest BCUT2D eigenvalue weighted by Gasteiger charge is 2.20. The second-order valence-electron chi connectivity index (χ2n) is 5.76. The molecule has 0 aliphatic rings. The average Bonchev–Trinajstić information content (AvgIpc) is 2.86. The van der Waals surface area contributed by atoms with E-state index < -0.39 is 23.7 Å². The summed E-state index contributed by atoms with van der Waals surface area (Å²) in [5.41, 5.74) is 0.727. The molecule has 0 aliphatic carbocycles. The molecule has 9 heteroatoms. The van der Waals surface area contributed by atoms with Crippen molar-refractivity contribution in [1.29, 1.82) is 0 Å². The second kappa shape index (κ2) is 6.71. The normalized spacial score (nSPS) is 10.6. The fraction of sp³-hybridized carbons (Fsp3) is 0.0556. The minimum Gasteiger partial charge on any atom is -0.492 e. The van der Waals surface area contributed by atoms with Crippen molar-refractivity contribution < 1.29 is 29.8 Å².